The lowest BCUT2D eigenvalue weighted by molar-refractivity contribution is -0.158. The Balaban J connectivity index is 2.93. The first-order chi connectivity index (χ1) is 7.63. The van der Waals surface area contributed by atoms with E-state index in [1.807, 2.05) is 34.6 Å². The molecule has 1 unspecified atom stereocenters. The largest absolute Gasteiger partial charge is 0.458 e. The Morgan fingerprint density at radius 1 is 1.41 bits per heavy atom. The van der Waals surface area contributed by atoms with Crippen LogP contribution in [0.1, 0.15) is 45.1 Å². The highest BCUT2D eigenvalue weighted by molar-refractivity contribution is 9.10. The fourth-order valence-electron chi connectivity index (χ4n) is 1.51. The first kappa shape index (κ1) is 14.2. The van der Waals surface area contributed by atoms with Gasteiger partial charge in [-0.15, -0.1) is 0 Å². The molecule has 4 nitrogen and oxygen atoms in total. The van der Waals surface area contributed by atoms with Crippen LogP contribution in [0.4, 0.5) is 0 Å². The molecule has 1 rings (SSSR count). The Kier molecular flexibility index (Phi) is 4.02. The molecule has 1 heterocycles. The average Bonchev–Trinajstić information content (AvgIpc) is 2.42. The van der Waals surface area contributed by atoms with Crippen LogP contribution in [0.25, 0.3) is 0 Å². The fraction of sp³-hybridized carbons (Fsp3) is 0.667. The third kappa shape index (κ3) is 3.31. The Morgan fingerprint density at radius 2 is 1.94 bits per heavy atom. The second-order valence-electron chi connectivity index (χ2n) is 5.14. The van der Waals surface area contributed by atoms with Crippen molar-refractivity contribution >= 4 is 21.9 Å². The standard InChI is InChI=1S/C12H19BrN2O2/c1-7-10(13)8(2)15(14-7)9(3)11(16)17-12(4,5)6/h9H,1-6H3. The Hall–Kier alpha value is -0.840. The van der Waals surface area contributed by atoms with E-state index in [1.165, 1.54) is 0 Å². The molecule has 0 amide bonds. The van der Waals surface area contributed by atoms with Gasteiger partial charge < -0.3 is 4.74 Å². The number of hydrogen-bond donors (Lipinski definition) is 0. The minimum absolute atomic E-state index is 0.268. The number of ether oxygens (including phenoxy) is 1. The monoisotopic (exact) mass is 302 g/mol. The van der Waals surface area contributed by atoms with Gasteiger partial charge in [0.15, 0.2) is 0 Å². The molecule has 0 aliphatic rings. The summed E-state index contributed by atoms with van der Waals surface area (Å²) in [7, 11) is 0. The summed E-state index contributed by atoms with van der Waals surface area (Å²) in [6.45, 7) is 11.2. The second kappa shape index (κ2) is 4.80. The van der Waals surface area contributed by atoms with E-state index in [1.54, 1.807) is 11.6 Å². The molecule has 0 aliphatic heterocycles. The molecule has 1 aromatic rings. The lowest BCUT2D eigenvalue weighted by Crippen LogP contribution is -2.29. The van der Waals surface area contributed by atoms with Gasteiger partial charge in [-0.3, -0.25) is 4.68 Å². The van der Waals surface area contributed by atoms with Gasteiger partial charge >= 0.3 is 5.97 Å². The van der Waals surface area contributed by atoms with E-state index in [9.17, 15) is 4.79 Å². The first-order valence-corrected chi connectivity index (χ1v) is 6.37. The molecule has 0 aromatic carbocycles. The molecular formula is C12H19BrN2O2. The number of aryl methyl sites for hydroxylation is 1. The van der Waals surface area contributed by atoms with Crippen molar-refractivity contribution in [3.63, 3.8) is 0 Å². The summed E-state index contributed by atoms with van der Waals surface area (Å²) in [6.07, 6.45) is 0. The summed E-state index contributed by atoms with van der Waals surface area (Å²) in [4.78, 5) is 11.9. The topological polar surface area (TPSA) is 44.1 Å². The van der Waals surface area contributed by atoms with Crippen LogP contribution < -0.4 is 0 Å². The van der Waals surface area contributed by atoms with E-state index in [0.29, 0.717) is 0 Å². The molecule has 0 saturated carbocycles. The number of nitrogens with zero attached hydrogens (tertiary/aromatic N) is 2. The van der Waals surface area contributed by atoms with Crippen LogP contribution >= 0.6 is 15.9 Å². The number of rotatable bonds is 2. The molecule has 0 aliphatic carbocycles. The predicted octanol–water partition coefficient (Wildman–Crippen LogP) is 3.17. The van der Waals surface area contributed by atoms with Crippen LogP contribution in [-0.4, -0.2) is 21.4 Å². The quantitative estimate of drug-likeness (QED) is 0.788. The summed E-state index contributed by atoms with van der Waals surface area (Å²) >= 11 is 3.44. The first-order valence-electron chi connectivity index (χ1n) is 5.57. The van der Waals surface area contributed by atoms with E-state index < -0.39 is 11.6 Å². The zero-order valence-corrected chi connectivity index (χ0v) is 12.8. The number of carbonyl (C=O) groups is 1. The van der Waals surface area contributed by atoms with Crippen molar-refractivity contribution < 1.29 is 9.53 Å². The minimum Gasteiger partial charge on any atom is -0.458 e. The number of hydrogen-bond acceptors (Lipinski definition) is 3. The molecule has 0 radical (unpaired) electrons. The molecule has 0 N–H and O–H groups in total. The summed E-state index contributed by atoms with van der Waals surface area (Å²) in [5.41, 5.74) is 1.33. The summed E-state index contributed by atoms with van der Waals surface area (Å²) < 4.78 is 7.97. The van der Waals surface area contributed by atoms with Crippen LogP contribution in [-0.2, 0) is 9.53 Å². The van der Waals surface area contributed by atoms with Crippen LogP contribution in [0.2, 0.25) is 0 Å². The summed E-state index contributed by atoms with van der Waals surface area (Å²) in [6, 6.07) is -0.417. The number of aromatic nitrogens is 2. The van der Waals surface area contributed by atoms with E-state index in [2.05, 4.69) is 21.0 Å². The molecule has 1 atom stereocenters. The zero-order valence-electron chi connectivity index (χ0n) is 11.2. The van der Waals surface area contributed by atoms with Gasteiger partial charge in [-0.1, -0.05) is 0 Å². The van der Waals surface area contributed by atoms with Crippen molar-refractivity contribution in [2.24, 2.45) is 0 Å². The van der Waals surface area contributed by atoms with Crippen molar-refractivity contribution in [2.75, 3.05) is 0 Å². The highest BCUT2D eigenvalue weighted by Crippen LogP contribution is 2.24. The second-order valence-corrected chi connectivity index (χ2v) is 5.93. The summed E-state index contributed by atoms with van der Waals surface area (Å²) in [5.74, 6) is -0.268. The van der Waals surface area contributed by atoms with E-state index >= 15 is 0 Å². The van der Waals surface area contributed by atoms with Gasteiger partial charge in [0.2, 0.25) is 0 Å². The normalized spacial score (nSPS) is 13.6. The molecule has 5 heteroatoms. The molecule has 0 fully saturated rings. The number of esters is 1. The SMILES string of the molecule is Cc1nn(C(C)C(=O)OC(C)(C)C)c(C)c1Br. The highest BCUT2D eigenvalue weighted by atomic mass is 79.9. The highest BCUT2D eigenvalue weighted by Gasteiger charge is 2.25. The number of carbonyl (C=O) groups excluding carboxylic acids is 1. The Labute approximate surface area is 110 Å². The average molecular weight is 303 g/mol. The van der Waals surface area contributed by atoms with Gasteiger partial charge in [0.1, 0.15) is 11.6 Å². The fourth-order valence-corrected chi connectivity index (χ4v) is 1.77. The van der Waals surface area contributed by atoms with Crippen molar-refractivity contribution in [3.05, 3.63) is 15.9 Å². The van der Waals surface area contributed by atoms with Gasteiger partial charge in [-0.2, -0.15) is 5.10 Å². The minimum atomic E-state index is -0.474. The van der Waals surface area contributed by atoms with Crippen molar-refractivity contribution in [2.45, 2.75) is 53.2 Å². The van der Waals surface area contributed by atoms with Crippen LogP contribution in [0.3, 0.4) is 0 Å². The molecule has 0 spiro atoms. The van der Waals surface area contributed by atoms with Crippen LogP contribution in [0.5, 0.6) is 0 Å². The van der Waals surface area contributed by atoms with Crippen molar-refractivity contribution in [3.8, 4) is 0 Å². The van der Waals surface area contributed by atoms with Gasteiger partial charge in [0, 0.05) is 0 Å². The smallest absolute Gasteiger partial charge is 0.331 e. The molecule has 0 saturated heterocycles. The maximum Gasteiger partial charge on any atom is 0.331 e. The van der Waals surface area contributed by atoms with Crippen molar-refractivity contribution in [1.82, 2.24) is 9.78 Å². The molecular weight excluding hydrogens is 284 g/mol. The van der Waals surface area contributed by atoms with E-state index in [4.69, 9.17) is 4.74 Å². The predicted molar refractivity (Wildman–Crippen MR) is 70.0 cm³/mol. The lowest BCUT2D eigenvalue weighted by Gasteiger charge is -2.22. The van der Waals surface area contributed by atoms with Crippen molar-refractivity contribution in [1.29, 1.82) is 0 Å². The van der Waals surface area contributed by atoms with Gasteiger partial charge in [0.25, 0.3) is 0 Å². The maximum absolute atomic E-state index is 11.9. The molecule has 96 valence electrons. The molecule has 0 bridgehead atoms. The molecule has 1 aromatic heterocycles. The van der Waals surface area contributed by atoms with Crippen LogP contribution in [0.15, 0.2) is 4.47 Å². The Bertz CT molecular complexity index is 432. The van der Waals surface area contributed by atoms with Gasteiger partial charge in [0.05, 0.1) is 15.9 Å². The third-order valence-corrected chi connectivity index (χ3v) is 3.50. The van der Waals surface area contributed by atoms with Crippen LogP contribution in [0, 0.1) is 13.8 Å². The van der Waals surface area contributed by atoms with Gasteiger partial charge in [-0.25, -0.2) is 4.79 Å². The molecule has 17 heavy (non-hydrogen) atoms. The Morgan fingerprint density at radius 3 is 2.29 bits per heavy atom. The zero-order chi connectivity index (χ0) is 13.4. The summed E-state index contributed by atoms with van der Waals surface area (Å²) in [5, 5.41) is 4.33. The van der Waals surface area contributed by atoms with Gasteiger partial charge in [-0.05, 0) is 57.5 Å². The number of halogens is 1. The maximum atomic E-state index is 11.9. The third-order valence-electron chi connectivity index (χ3n) is 2.35. The van der Waals surface area contributed by atoms with E-state index in [-0.39, 0.29) is 5.97 Å². The van der Waals surface area contributed by atoms with E-state index in [0.717, 1.165) is 15.9 Å². The lowest BCUT2D eigenvalue weighted by atomic mass is 10.2.